The minimum atomic E-state index is -0.211. The van der Waals surface area contributed by atoms with Gasteiger partial charge in [0.1, 0.15) is 5.82 Å². The maximum atomic E-state index is 14.4. The van der Waals surface area contributed by atoms with Crippen LogP contribution in [0.25, 0.3) is 0 Å². The molecule has 1 heterocycles. The fraction of sp³-hybridized carbons (Fsp3) is 0.562. The zero-order valence-corrected chi connectivity index (χ0v) is 11.8. The minimum absolute atomic E-state index is 0.0226. The molecule has 1 aromatic rings. The Balaban J connectivity index is 1.94. The summed E-state index contributed by atoms with van der Waals surface area (Å²) in [4.78, 5) is 11.4. The van der Waals surface area contributed by atoms with Crippen molar-refractivity contribution < 1.29 is 9.18 Å². The van der Waals surface area contributed by atoms with Crippen LogP contribution in [0, 0.1) is 11.7 Å². The Morgan fingerprint density at radius 3 is 2.75 bits per heavy atom. The molecule has 1 aliphatic heterocycles. The zero-order chi connectivity index (χ0) is 14.1. The molecule has 1 fully saturated rings. The number of rotatable bonds is 3. The van der Waals surface area contributed by atoms with Gasteiger partial charge in [-0.3, -0.25) is 4.79 Å². The van der Waals surface area contributed by atoms with E-state index in [1.54, 1.807) is 0 Å². The van der Waals surface area contributed by atoms with E-state index in [2.05, 4.69) is 10.6 Å². The molecule has 1 atom stereocenters. The standard InChI is InChI=1S/C16H21FN2O/c1-18-16(10-4-2-3-5-10)12-8-11-6-7-15(20)19-14(11)9-13(12)17/h8-10,16,18H,2-7H2,1H3,(H,19,20). The molecule has 3 nitrogen and oxygen atoms in total. The van der Waals surface area contributed by atoms with Gasteiger partial charge < -0.3 is 10.6 Å². The van der Waals surface area contributed by atoms with E-state index in [9.17, 15) is 9.18 Å². The normalized spacial score (nSPS) is 20.6. The molecule has 1 aromatic carbocycles. The smallest absolute Gasteiger partial charge is 0.224 e. The van der Waals surface area contributed by atoms with Crippen LogP contribution in [-0.4, -0.2) is 13.0 Å². The summed E-state index contributed by atoms with van der Waals surface area (Å²) in [5.74, 6) is 0.286. The van der Waals surface area contributed by atoms with Crippen molar-refractivity contribution in [2.24, 2.45) is 5.92 Å². The summed E-state index contributed by atoms with van der Waals surface area (Å²) in [7, 11) is 1.91. The molecule has 20 heavy (non-hydrogen) atoms. The van der Waals surface area contributed by atoms with Crippen molar-refractivity contribution in [2.45, 2.75) is 44.6 Å². The molecule has 0 aromatic heterocycles. The van der Waals surface area contributed by atoms with E-state index in [-0.39, 0.29) is 17.8 Å². The van der Waals surface area contributed by atoms with Crippen LogP contribution in [0.5, 0.6) is 0 Å². The molecule has 0 saturated heterocycles. The van der Waals surface area contributed by atoms with Crippen molar-refractivity contribution in [1.29, 1.82) is 0 Å². The van der Waals surface area contributed by atoms with Gasteiger partial charge in [0.05, 0.1) is 0 Å². The molecule has 1 unspecified atom stereocenters. The number of hydrogen-bond donors (Lipinski definition) is 2. The number of amides is 1. The molecule has 1 amide bonds. The van der Waals surface area contributed by atoms with Crippen molar-refractivity contribution in [3.63, 3.8) is 0 Å². The Kier molecular flexibility index (Phi) is 3.74. The van der Waals surface area contributed by atoms with Crippen LogP contribution < -0.4 is 10.6 Å². The molecule has 0 bridgehead atoms. The SMILES string of the molecule is CNC(c1cc2c(cc1F)NC(=O)CC2)C1CCCC1. The van der Waals surface area contributed by atoms with E-state index >= 15 is 0 Å². The fourth-order valence-electron chi connectivity index (χ4n) is 3.60. The number of carbonyl (C=O) groups excluding carboxylic acids is 1. The van der Waals surface area contributed by atoms with Crippen LogP contribution in [0.4, 0.5) is 10.1 Å². The molecule has 108 valence electrons. The minimum Gasteiger partial charge on any atom is -0.326 e. The highest BCUT2D eigenvalue weighted by Crippen LogP contribution is 2.38. The molecular formula is C16H21FN2O. The summed E-state index contributed by atoms with van der Waals surface area (Å²) < 4.78 is 14.4. The summed E-state index contributed by atoms with van der Waals surface area (Å²) >= 11 is 0. The number of hydrogen-bond acceptors (Lipinski definition) is 2. The van der Waals surface area contributed by atoms with Crippen molar-refractivity contribution >= 4 is 11.6 Å². The Morgan fingerprint density at radius 1 is 1.30 bits per heavy atom. The molecule has 1 saturated carbocycles. The number of anilines is 1. The Morgan fingerprint density at radius 2 is 2.05 bits per heavy atom. The van der Waals surface area contributed by atoms with Gasteiger partial charge in [-0.2, -0.15) is 0 Å². The highest BCUT2D eigenvalue weighted by molar-refractivity contribution is 5.93. The van der Waals surface area contributed by atoms with Crippen molar-refractivity contribution in [3.05, 3.63) is 29.1 Å². The van der Waals surface area contributed by atoms with Gasteiger partial charge in [0.25, 0.3) is 0 Å². The Hall–Kier alpha value is -1.42. The van der Waals surface area contributed by atoms with Crippen LogP contribution in [0.3, 0.4) is 0 Å². The van der Waals surface area contributed by atoms with Gasteiger partial charge in [-0.1, -0.05) is 12.8 Å². The van der Waals surface area contributed by atoms with Gasteiger partial charge in [-0.15, -0.1) is 0 Å². The summed E-state index contributed by atoms with van der Waals surface area (Å²) in [6.07, 6.45) is 6.01. The summed E-state index contributed by atoms with van der Waals surface area (Å²) in [6.45, 7) is 0. The molecule has 4 heteroatoms. The third-order valence-electron chi connectivity index (χ3n) is 4.64. The number of nitrogens with one attached hydrogen (secondary N) is 2. The molecular weight excluding hydrogens is 255 g/mol. The van der Waals surface area contributed by atoms with Crippen LogP contribution >= 0.6 is 0 Å². The van der Waals surface area contributed by atoms with Gasteiger partial charge >= 0.3 is 0 Å². The first-order valence-corrected chi connectivity index (χ1v) is 7.48. The third kappa shape index (κ3) is 2.44. The van der Waals surface area contributed by atoms with Crippen LogP contribution in [0.1, 0.15) is 49.3 Å². The molecule has 3 rings (SSSR count). The lowest BCUT2D eigenvalue weighted by Crippen LogP contribution is -2.26. The number of carbonyl (C=O) groups is 1. The van der Waals surface area contributed by atoms with Crippen molar-refractivity contribution in [2.75, 3.05) is 12.4 Å². The summed E-state index contributed by atoms with van der Waals surface area (Å²) in [6, 6.07) is 3.52. The summed E-state index contributed by atoms with van der Waals surface area (Å²) in [5, 5.41) is 6.04. The number of aryl methyl sites for hydroxylation is 1. The summed E-state index contributed by atoms with van der Waals surface area (Å²) in [5.41, 5.74) is 2.46. The maximum Gasteiger partial charge on any atom is 0.224 e. The quantitative estimate of drug-likeness (QED) is 0.890. The van der Waals surface area contributed by atoms with Crippen molar-refractivity contribution in [3.8, 4) is 0 Å². The van der Waals surface area contributed by atoms with Crippen LogP contribution in [0.15, 0.2) is 12.1 Å². The average molecular weight is 276 g/mol. The fourth-order valence-corrected chi connectivity index (χ4v) is 3.60. The predicted molar refractivity (Wildman–Crippen MR) is 77.1 cm³/mol. The van der Waals surface area contributed by atoms with E-state index in [1.807, 2.05) is 13.1 Å². The van der Waals surface area contributed by atoms with Gasteiger partial charge in [0.2, 0.25) is 5.91 Å². The second-order valence-electron chi connectivity index (χ2n) is 5.89. The topological polar surface area (TPSA) is 41.1 Å². The number of fused-ring (bicyclic) bond motifs is 1. The first-order chi connectivity index (χ1) is 9.69. The lowest BCUT2D eigenvalue weighted by Gasteiger charge is -2.26. The van der Waals surface area contributed by atoms with E-state index in [4.69, 9.17) is 0 Å². The highest BCUT2D eigenvalue weighted by Gasteiger charge is 2.28. The Labute approximate surface area is 118 Å². The molecule has 0 spiro atoms. The van der Waals surface area contributed by atoms with Crippen molar-refractivity contribution in [1.82, 2.24) is 5.32 Å². The monoisotopic (exact) mass is 276 g/mol. The van der Waals surface area contributed by atoms with E-state index in [1.165, 1.54) is 31.7 Å². The average Bonchev–Trinajstić information content (AvgIpc) is 2.94. The second-order valence-corrected chi connectivity index (χ2v) is 5.89. The molecule has 2 N–H and O–H groups in total. The van der Waals surface area contributed by atoms with Crippen LogP contribution in [0.2, 0.25) is 0 Å². The first kappa shape index (κ1) is 13.6. The van der Waals surface area contributed by atoms with Gasteiger partial charge in [-0.05, 0) is 49.9 Å². The van der Waals surface area contributed by atoms with Crippen LogP contribution in [-0.2, 0) is 11.2 Å². The van der Waals surface area contributed by atoms with Gasteiger partial charge in [0.15, 0.2) is 0 Å². The third-order valence-corrected chi connectivity index (χ3v) is 4.64. The molecule has 2 aliphatic rings. The first-order valence-electron chi connectivity index (χ1n) is 7.48. The highest BCUT2D eigenvalue weighted by atomic mass is 19.1. The lowest BCUT2D eigenvalue weighted by atomic mass is 9.89. The van der Waals surface area contributed by atoms with E-state index in [0.29, 0.717) is 24.4 Å². The predicted octanol–water partition coefficient (Wildman–Crippen LogP) is 3.16. The number of benzene rings is 1. The van der Waals surface area contributed by atoms with Gasteiger partial charge in [0, 0.05) is 23.7 Å². The second kappa shape index (κ2) is 5.52. The number of halogens is 1. The molecule has 1 aliphatic carbocycles. The van der Waals surface area contributed by atoms with E-state index in [0.717, 1.165) is 11.1 Å². The van der Waals surface area contributed by atoms with E-state index < -0.39 is 0 Å². The largest absolute Gasteiger partial charge is 0.326 e. The Bertz CT molecular complexity index is 523. The lowest BCUT2D eigenvalue weighted by molar-refractivity contribution is -0.116. The zero-order valence-electron chi connectivity index (χ0n) is 11.8. The van der Waals surface area contributed by atoms with Gasteiger partial charge in [-0.25, -0.2) is 4.39 Å². The maximum absolute atomic E-state index is 14.4. The molecule has 0 radical (unpaired) electrons.